The second-order valence-corrected chi connectivity index (χ2v) is 9.32. The number of hydrogen-bond acceptors (Lipinski definition) is 6. The van der Waals surface area contributed by atoms with Gasteiger partial charge in [-0.15, -0.1) is 0 Å². The molecule has 0 fully saturated rings. The molecule has 1 N–H and O–H groups in total. The van der Waals surface area contributed by atoms with Crippen molar-refractivity contribution >= 4 is 20.7 Å². The maximum atomic E-state index is 13.1. The number of pyridine rings is 1. The predicted octanol–water partition coefficient (Wildman–Crippen LogP) is 3.55. The van der Waals surface area contributed by atoms with Gasteiger partial charge in [0.15, 0.2) is 0 Å². The number of ether oxygens (including phenoxy) is 1. The van der Waals surface area contributed by atoms with Gasteiger partial charge in [-0.05, 0) is 48.9 Å². The van der Waals surface area contributed by atoms with Crippen LogP contribution in [0.15, 0.2) is 64.4 Å². The second kappa shape index (κ2) is 8.20. The van der Waals surface area contributed by atoms with Crippen LogP contribution in [0.1, 0.15) is 11.3 Å². The van der Waals surface area contributed by atoms with Gasteiger partial charge >= 0.3 is 11.2 Å². The Morgan fingerprint density at radius 3 is 2.38 bits per heavy atom. The van der Waals surface area contributed by atoms with Crippen LogP contribution in [0.3, 0.4) is 0 Å². The van der Waals surface area contributed by atoms with E-state index in [-0.39, 0.29) is 17.9 Å². The molecule has 0 spiro atoms. The lowest BCUT2D eigenvalue weighted by atomic mass is 10.1. The van der Waals surface area contributed by atoms with Crippen molar-refractivity contribution in [3.63, 3.8) is 0 Å². The van der Waals surface area contributed by atoms with Crippen LogP contribution < -0.4 is 10.4 Å². The Morgan fingerprint density at radius 1 is 1.09 bits per heavy atom. The van der Waals surface area contributed by atoms with Crippen molar-refractivity contribution in [2.75, 3.05) is 7.11 Å². The summed E-state index contributed by atoms with van der Waals surface area (Å²) in [5.41, 5.74) is -4.58. The van der Waals surface area contributed by atoms with Gasteiger partial charge in [-0.25, -0.2) is 17.8 Å². The van der Waals surface area contributed by atoms with Crippen molar-refractivity contribution in [3.8, 4) is 17.3 Å². The summed E-state index contributed by atoms with van der Waals surface area (Å²) in [6, 6.07) is 10.6. The second-order valence-electron chi connectivity index (χ2n) is 7.38. The molecule has 4 aromatic rings. The molecule has 2 aromatic heterocycles. The highest BCUT2D eigenvalue weighted by Gasteiger charge is 2.46. The average molecular weight is 493 g/mol. The van der Waals surface area contributed by atoms with E-state index >= 15 is 0 Å². The molecule has 0 unspecified atom stereocenters. The number of fused-ring (bicyclic) bond motifs is 1. The maximum absolute atomic E-state index is 13.1. The van der Waals surface area contributed by atoms with Crippen molar-refractivity contribution in [2.45, 2.75) is 23.9 Å². The largest absolute Gasteiger partial charge is 0.501 e. The summed E-state index contributed by atoms with van der Waals surface area (Å²) >= 11 is 0. The lowest BCUT2D eigenvalue weighted by molar-refractivity contribution is -0.0436. The Morgan fingerprint density at radius 2 is 1.76 bits per heavy atom. The third-order valence-electron chi connectivity index (χ3n) is 5.45. The first-order chi connectivity index (χ1) is 16.0. The van der Waals surface area contributed by atoms with Gasteiger partial charge in [0.2, 0.25) is 5.88 Å². The highest BCUT2D eigenvalue weighted by molar-refractivity contribution is 7.92. The first kappa shape index (κ1) is 23.4. The van der Waals surface area contributed by atoms with Crippen LogP contribution in [-0.4, -0.2) is 40.3 Å². The van der Waals surface area contributed by atoms with Gasteiger partial charge in [0.25, 0.3) is 9.84 Å². The molecule has 0 amide bonds. The number of rotatable bonds is 5. The summed E-state index contributed by atoms with van der Waals surface area (Å²) in [4.78, 5) is 16.5. The zero-order valence-corrected chi connectivity index (χ0v) is 18.7. The van der Waals surface area contributed by atoms with Crippen molar-refractivity contribution in [1.29, 1.82) is 0 Å². The number of imidazole rings is 1. The van der Waals surface area contributed by atoms with Crippen molar-refractivity contribution in [2.24, 2.45) is 0 Å². The smallest absolute Gasteiger partial charge is 0.494 e. The van der Waals surface area contributed by atoms with E-state index in [9.17, 15) is 31.5 Å². The molecule has 178 valence electrons. The maximum Gasteiger partial charge on any atom is 0.501 e. The van der Waals surface area contributed by atoms with Gasteiger partial charge in [0.1, 0.15) is 11.3 Å². The van der Waals surface area contributed by atoms with Crippen LogP contribution in [0.4, 0.5) is 13.2 Å². The van der Waals surface area contributed by atoms with Gasteiger partial charge in [0.05, 0.1) is 29.9 Å². The lowest BCUT2D eigenvalue weighted by Gasteiger charge is -2.10. The molecule has 2 aromatic carbocycles. The third-order valence-corrected chi connectivity index (χ3v) is 6.95. The quantitative estimate of drug-likeness (QED) is 0.456. The van der Waals surface area contributed by atoms with E-state index in [2.05, 4.69) is 4.98 Å². The van der Waals surface area contributed by atoms with Crippen LogP contribution in [0.25, 0.3) is 16.6 Å². The standard InChI is InChI=1S/C22H18F3N3O5S/c1-13-20(29)28(15-6-8-16(9-7-15)34(31,32)22(23,24)25)21(30)27(13)12-14-10-11-26-19-17(14)4-3-5-18(19)33-2/h3-11,29H,12H2,1-2H3. The molecule has 2 heterocycles. The molecule has 0 saturated carbocycles. The van der Waals surface area contributed by atoms with Gasteiger partial charge in [-0.2, -0.15) is 13.2 Å². The fourth-order valence-corrected chi connectivity index (χ4v) is 4.40. The highest BCUT2D eigenvalue weighted by Crippen LogP contribution is 2.31. The first-order valence-corrected chi connectivity index (χ1v) is 11.3. The van der Waals surface area contributed by atoms with Crippen molar-refractivity contribution < 1.29 is 31.4 Å². The lowest BCUT2D eigenvalue weighted by Crippen LogP contribution is -2.25. The molecule has 0 bridgehead atoms. The minimum atomic E-state index is -5.54. The molecule has 0 aliphatic rings. The van der Waals surface area contributed by atoms with E-state index in [0.717, 1.165) is 39.8 Å². The van der Waals surface area contributed by atoms with Crippen molar-refractivity contribution in [1.82, 2.24) is 14.1 Å². The number of methoxy groups -OCH3 is 1. The molecular weight excluding hydrogens is 475 g/mol. The van der Waals surface area contributed by atoms with E-state index in [1.165, 1.54) is 18.6 Å². The Bertz CT molecular complexity index is 1560. The van der Waals surface area contributed by atoms with Crippen LogP contribution in [0.2, 0.25) is 0 Å². The van der Waals surface area contributed by atoms with E-state index in [4.69, 9.17) is 4.74 Å². The van der Waals surface area contributed by atoms with Gasteiger partial charge < -0.3 is 9.84 Å². The molecule has 0 atom stereocenters. The number of aromatic nitrogens is 3. The van der Waals surface area contributed by atoms with E-state index < -0.39 is 31.8 Å². The monoisotopic (exact) mass is 493 g/mol. The van der Waals surface area contributed by atoms with E-state index in [1.54, 1.807) is 24.4 Å². The summed E-state index contributed by atoms with van der Waals surface area (Å²) in [7, 11) is -4.02. The molecule has 0 aliphatic carbocycles. The van der Waals surface area contributed by atoms with E-state index in [1.807, 2.05) is 6.07 Å². The first-order valence-electron chi connectivity index (χ1n) is 9.81. The predicted molar refractivity (Wildman–Crippen MR) is 117 cm³/mol. The average Bonchev–Trinajstić information content (AvgIpc) is 3.01. The molecule has 4 rings (SSSR count). The molecule has 0 saturated heterocycles. The number of nitrogens with zero attached hydrogens (tertiary/aromatic N) is 3. The Hall–Kier alpha value is -3.80. The normalized spacial score (nSPS) is 12.3. The summed E-state index contributed by atoms with van der Waals surface area (Å²) < 4.78 is 69.1. The zero-order chi connectivity index (χ0) is 24.8. The highest BCUT2D eigenvalue weighted by atomic mass is 32.2. The topological polar surface area (TPSA) is 103 Å². The molecule has 12 heteroatoms. The number of benzene rings is 2. The summed E-state index contributed by atoms with van der Waals surface area (Å²) in [5.74, 6) is 0.130. The van der Waals surface area contributed by atoms with Gasteiger partial charge in [-0.3, -0.25) is 9.55 Å². The number of hydrogen-bond donors (Lipinski definition) is 1. The van der Waals surface area contributed by atoms with E-state index in [0.29, 0.717) is 11.3 Å². The number of aromatic hydroxyl groups is 1. The van der Waals surface area contributed by atoms with Crippen LogP contribution in [0.5, 0.6) is 11.6 Å². The summed E-state index contributed by atoms with van der Waals surface area (Å²) in [6.45, 7) is 1.58. The van der Waals surface area contributed by atoms with Crippen LogP contribution >= 0.6 is 0 Å². The van der Waals surface area contributed by atoms with Crippen molar-refractivity contribution in [3.05, 3.63) is 76.5 Å². The molecule has 8 nitrogen and oxygen atoms in total. The summed E-state index contributed by atoms with van der Waals surface area (Å²) in [6.07, 6.45) is 1.57. The van der Waals surface area contributed by atoms with Gasteiger partial charge in [-0.1, -0.05) is 12.1 Å². The number of para-hydroxylation sites is 1. The number of alkyl halides is 3. The molecule has 34 heavy (non-hydrogen) atoms. The molecule has 0 aliphatic heterocycles. The number of halogens is 3. The van der Waals surface area contributed by atoms with Gasteiger partial charge in [0, 0.05) is 11.6 Å². The minimum absolute atomic E-state index is 0.00623. The summed E-state index contributed by atoms with van der Waals surface area (Å²) in [5, 5.41) is 11.3. The van der Waals surface area contributed by atoms with Crippen LogP contribution in [0, 0.1) is 6.92 Å². The molecular formula is C22H18F3N3O5S. The Balaban J connectivity index is 1.77. The molecule has 0 radical (unpaired) electrons. The fourth-order valence-electron chi connectivity index (χ4n) is 3.64. The fraction of sp³-hybridized carbons (Fsp3) is 0.182. The third kappa shape index (κ3) is 3.69. The number of sulfone groups is 1. The zero-order valence-electron chi connectivity index (χ0n) is 17.9. The Labute approximate surface area is 191 Å². The Kier molecular flexibility index (Phi) is 5.64. The van der Waals surface area contributed by atoms with Crippen LogP contribution in [-0.2, 0) is 16.4 Å². The SMILES string of the molecule is COc1cccc2c(Cn3c(C)c(O)n(-c4ccc(S(=O)(=O)C(F)(F)F)cc4)c3=O)ccnc12. The minimum Gasteiger partial charge on any atom is -0.494 e.